The normalized spacial score (nSPS) is 28.7. The van der Waals surface area contributed by atoms with Gasteiger partial charge in [-0.1, -0.05) is 52.4 Å². The van der Waals surface area contributed by atoms with Crippen molar-refractivity contribution in [2.75, 3.05) is 13.1 Å². The first-order valence-corrected chi connectivity index (χ1v) is 8.16. The third-order valence-corrected chi connectivity index (χ3v) is 4.72. The Morgan fingerprint density at radius 2 is 1.78 bits per heavy atom. The summed E-state index contributed by atoms with van der Waals surface area (Å²) in [6, 6.07) is 0. The van der Waals surface area contributed by atoms with Crippen molar-refractivity contribution in [2.24, 2.45) is 5.92 Å². The van der Waals surface area contributed by atoms with Crippen molar-refractivity contribution < 1.29 is 4.74 Å². The first-order valence-electron chi connectivity index (χ1n) is 8.16. The number of morpholine rings is 1. The molecule has 2 aliphatic rings. The zero-order chi connectivity index (χ0) is 12.8. The molecule has 1 unspecified atom stereocenters. The topological polar surface area (TPSA) is 21.3 Å². The van der Waals surface area contributed by atoms with Crippen molar-refractivity contribution in [2.45, 2.75) is 83.3 Å². The van der Waals surface area contributed by atoms with Crippen LogP contribution in [0.25, 0.3) is 0 Å². The predicted octanol–water partition coefficient (Wildman–Crippen LogP) is 3.89. The Morgan fingerprint density at radius 3 is 2.39 bits per heavy atom. The number of hydrogen-bond donors (Lipinski definition) is 1. The molecule has 1 N–H and O–H groups in total. The molecule has 0 spiro atoms. The van der Waals surface area contributed by atoms with Crippen LogP contribution in [0.3, 0.4) is 0 Å². The van der Waals surface area contributed by atoms with Crippen LogP contribution in [0.15, 0.2) is 0 Å². The second kappa shape index (κ2) is 6.91. The van der Waals surface area contributed by atoms with E-state index in [0.29, 0.717) is 6.10 Å². The quantitative estimate of drug-likeness (QED) is 0.775. The summed E-state index contributed by atoms with van der Waals surface area (Å²) in [5.41, 5.74) is 0.144. The molecule has 2 heteroatoms. The molecule has 0 aromatic rings. The molecule has 1 saturated carbocycles. The summed E-state index contributed by atoms with van der Waals surface area (Å²) in [4.78, 5) is 0. The second-order valence-electron chi connectivity index (χ2n) is 6.44. The van der Waals surface area contributed by atoms with Gasteiger partial charge < -0.3 is 10.1 Å². The van der Waals surface area contributed by atoms with E-state index in [2.05, 4.69) is 19.2 Å². The van der Waals surface area contributed by atoms with Crippen molar-refractivity contribution in [3.05, 3.63) is 0 Å². The van der Waals surface area contributed by atoms with E-state index in [0.717, 1.165) is 19.0 Å². The molecule has 1 saturated heterocycles. The molecule has 0 bridgehead atoms. The molecule has 0 aromatic carbocycles. The van der Waals surface area contributed by atoms with Crippen molar-refractivity contribution >= 4 is 0 Å². The van der Waals surface area contributed by atoms with Gasteiger partial charge in [-0.3, -0.25) is 0 Å². The minimum absolute atomic E-state index is 0.144. The predicted molar refractivity (Wildman–Crippen MR) is 76.9 cm³/mol. The number of hydrogen-bond acceptors (Lipinski definition) is 2. The van der Waals surface area contributed by atoms with E-state index in [-0.39, 0.29) is 5.60 Å². The van der Waals surface area contributed by atoms with Gasteiger partial charge in [0.05, 0.1) is 11.7 Å². The third kappa shape index (κ3) is 3.71. The van der Waals surface area contributed by atoms with Crippen molar-refractivity contribution in [1.29, 1.82) is 0 Å². The average Bonchev–Trinajstić information content (AvgIpc) is 2.83. The molecule has 2 fully saturated rings. The van der Waals surface area contributed by atoms with Crippen LogP contribution in [-0.4, -0.2) is 24.8 Å². The number of rotatable bonds is 6. The molecule has 1 aliphatic heterocycles. The van der Waals surface area contributed by atoms with Crippen LogP contribution in [0, 0.1) is 5.92 Å². The highest BCUT2D eigenvalue weighted by atomic mass is 16.5. The first-order chi connectivity index (χ1) is 8.78. The first kappa shape index (κ1) is 14.3. The van der Waals surface area contributed by atoms with Gasteiger partial charge in [-0.15, -0.1) is 0 Å². The Morgan fingerprint density at radius 1 is 1.11 bits per heavy atom. The van der Waals surface area contributed by atoms with Crippen LogP contribution in [-0.2, 0) is 4.74 Å². The molecule has 1 aliphatic carbocycles. The summed E-state index contributed by atoms with van der Waals surface area (Å²) in [5, 5.41) is 3.64. The van der Waals surface area contributed by atoms with E-state index in [9.17, 15) is 0 Å². The van der Waals surface area contributed by atoms with Crippen LogP contribution in [0.1, 0.15) is 71.6 Å². The zero-order valence-corrected chi connectivity index (χ0v) is 12.3. The molecule has 106 valence electrons. The summed E-state index contributed by atoms with van der Waals surface area (Å²) in [6.45, 7) is 6.70. The Labute approximate surface area is 113 Å². The Balaban J connectivity index is 1.88. The van der Waals surface area contributed by atoms with E-state index in [1.807, 2.05) is 0 Å². The molecular formula is C16H31NO. The summed E-state index contributed by atoms with van der Waals surface area (Å²) in [6.07, 6.45) is 12.4. The molecule has 0 radical (unpaired) electrons. The van der Waals surface area contributed by atoms with Crippen molar-refractivity contribution in [3.63, 3.8) is 0 Å². The van der Waals surface area contributed by atoms with E-state index in [4.69, 9.17) is 4.74 Å². The van der Waals surface area contributed by atoms with Gasteiger partial charge in [0, 0.05) is 13.1 Å². The van der Waals surface area contributed by atoms with E-state index < -0.39 is 0 Å². The highest BCUT2D eigenvalue weighted by Gasteiger charge is 2.36. The lowest BCUT2D eigenvalue weighted by Crippen LogP contribution is -2.54. The third-order valence-electron chi connectivity index (χ3n) is 4.72. The average molecular weight is 253 g/mol. The van der Waals surface area contributed by atoms with E-state index >= 15 is 0 Å². The zero-order valence-electron chi connectivity index (χ0n) is 12.3. The summed E-state index contributed by atoms with van der Waals surface area (Å²) >= 11 is 0. The van der Waals surface area contributed by atoms with Gasteiger partial charge in [-0.2, -0.15) is 0 Å². The maximum Gasteiger partial charge on any atom is 0.0810 e. The molecule has 2 nitrogen and oxygen atoms in total. The lowest BCUT2D eigenvalue weighted by molar-refractivity contribution is -0.131. The van der Waals surface area contributed by atoms with Gasteiger partial charge in [0.15, 0.2) is 0 Å². The summed E-state index contributed by atoms with van der Waals surface area (Å²) in [7, 11) is 0. The number of nitrogens with one attached hydrogen (secondary N) is 1. The highest BCUT2D eigenvalue weighted by Crippen LogP contribution is 2.34. The van der Waals surface area contributed by atoms with Gasteiger partial charge in [0.2, 0.25) is 0 Å². The fourth-order valence-corrected chi connectivity index (χ4v) is 3.98. The van der Waals surface area contributed by atoms with E-state index in [1.54, 1.807) is 0 Å². The highest BCUT2D eigenvalue weighted by molar-refractivity contribution is 4.89. The fourth-order valence-electron chi connectivity index (χ4n) is 3.98. The second-order valence-corrected chi connectivity index (χ2v) is 6.44. The molecule has 2 rings (SSSR count). The lowest BCUT2D eigenvalue weighted by atomic mass is 9.89. The van der Waals surface area contributed by atoms with Crippen molar-refractivity contribution in [3.8, 4) is 0 Å². The van der Waals surface area contributed by atoms with Gasteiger partial charge in [0.25, 0.3) is 0 Å². The minimum Gasteiger partial charge on any atom is -0.369 e. The maximum atomic E-state index is 6.55. The Kier molecular flexibility index (Phi) is 5.50. The summed E-state index contributed by atoms with van der Waals surface area (Å²) in [5.74, 6) is 0.941. The molecular weight excluding hydrogens is 222 g/mol. The van der Waals surface area contributed by atoms with Gasteiger partial charge in [-0.05, 0) is 25.2 Å². The van der Waals surface area contributed by atoms with Crippen LogP contribution < -0.4 is 5.32 Å². The monoisotopic (exact) mass is 253 g/mol. The van der Waals surface area contributed by atoms with E-state index in [1.165, 1.54) is 57.8 Å². The molecule has 0 aromatic heterocycles. The minimum atomic E-state index is 0.144. The molecule has 1 heterocycles. The van der Waals surface area contributed by atoms with Crippen LogP contribution >= 0.6 is 0 Å². The van der Waals surface area contributed by atoms with Gasteiger partial charge >= 0.3 is 0 Å². The standard InChI is InChI=1S/C16H31NO/c1-3-9-16(10-4-2)13-17-12-15(18-16)11-14-7-5-6-8-14/h14-15,17H,3-13H2,1-2H3. The Hall–Kier alpha value is -0.0800. The largest absolute Gasteiger partial charge is 0.369 e. The number of ether oxygens (including phenoxy) is 1. The van der Waals surface area contributed by atoms with Gasteiger partial charge in [-0.25, -0.2) is 0 Å². The van der Waals surface area contributed by atoms with Crippen LogP contribution in [0.2, 0.25) is 0 Å². The van der Waals surface area contributed by atoms with Gasteiger partial charge in [0.1, 0.15) is 0 Å². The smallest absolute Gasteiger partial charge is 0.0810 e. The van der Waals surface area contributed by atoms with Crippen molar-refractivity contribution in [1.82, 2.24) is 5.32 Å². The fraction of sp³-hybridized carbons (Fsp3) is 1.00. The molecule has 1 atom stereocenters. The maximum absolute atomic E-state index is 6.55. The van der Waals surface area contributed by atoms with Crippen LogP contribution in [0.5, 0.6) is 0 Å². The molecule has 18 heavy (non-hydrogen) atoms. The summed E-state index contributed by atoms with van der Waals surface area (Å²) < 4.78 is 6.55. The SMILES string of the molecule is CCCC1(CCC)CNCC(CC2CCCC2)O1. The lowest BCUT2D eigenvalue weighted by Gasteiger charge is -2.42. The Bertz CT molecular complexity index is 224. The van der Waals surface area contributed by atoms with Crippen LogP contribution in [0.4, 0.5) is 0 Å². The molecule has 0 amide bonds.